The van der Waals surface area contributed by atoms with Gasteiger partial charge >= 0.3 is 6.03 Å². The number of urea groups is 1. The van der Waals surface area contributed by atoms with Gasteiger partial charge in [0.05, 0.1) is 12.6 Å². The second kappa shape index (κ2) is 10.0. The van der Waals surface area contributed by atoms with Crippen LogP contribution >= 0.6 is 11.6 Å². The van der Waals surface area contributed by atoms with Crippen LogP contribution < -0.4 is 5.32 Å². The zero-order valence-electron chi connectivity index (χ0n) is 21.1. The first-order chi connectivity index (χ1) is 17.8. The maximum Gasteiger partial charge on any atom is 0.334 e. The van der Waals surface area contributed by atoms with E-state index in [4.69, 9.17) is 11.6 Å². The van der Waals surface area contributed by atoms with Crippen molar-refractivity contribution < 1.29 is 14.4 Å². The number of nitrogens with one attached hydrogen (secondary N) is 1. The predicted octanol–water partition coefficient (Wildman–Crippen LogP) is 3.84. The quantitative estimate of drug-likeness (QED) is 0.568. The standard InChI is InChI=1S/C28H30ClN5O3/c1-18-26-33(19(2)27(36)32(18)16-22-9-6-8-21-7-4-5-10-24(21)22)25(35)17-31(3)34(26)28(37)30-15-20-11-13-23(29)14-12-20/h4-14,18-19,26H,15-17H2,1-3H3,(H,30,37)/t18-,19-,26-/m0/s1. The van der Waals surface area contributed by atoms with E-state index >= 15 is 0 Å². The summed E-state index contributed by atoms with van der Waals surface area (Å²) in [6.45, 7) is 4.35. The molecule has 3 atom stereocenters. The lowest BCUT2D eigenvalue weighted by Gasteiger charge is -2.56. The summed E-state index contributed by atoms with van der Waals surface area (Å²) in [4.78, 5) is 43.5. The van der Waals surface area contributed by atoms with Crippen LogP contribution in [0.15, 0.2) is 66.7 Å². The molecule has 0 unspecified atom stereocenters. The maximum absolute atomic E-state index is 13.6. The number of halogens is 1. The molecule has 2 fully saturated rings. The third kappa shape index (κ3) is 4.63. The fourth-order valence-electron chi connectivity index (χ4n) is 5.40. The number of piperazine rings is 1. The van der Waals surface area contributed by atoms with Crippen molar-refractivity contribution in [2.75, 3.05) is 13.6 Å². The molecule has 0 radical (unpaired) electrons. The van der Waals surface area contributed by atoms with Gasteiger partial charge in [0.25, 0.3) is 0 Å². The number of hydrogen-bond donors (Lipinski definition) is 1. The molecule has 0 spiro atoms. The van der Waals surface area contributed by atoms with Crippen LogP contribution in [0.3, 0.4) is 0 Å². The van der Waals surface area contributed by atoms with Crippen LogP contribution in [0.5, 0.6) is 0 Å². The van der Waals surface area contributed by atoms with Crippen LogP contribution in [-0.2, 0) is 22.7 Å². The van der Waals surface area contributed by atoms with E-state index in [9.17, 15) is 14.4 Å². The SMILES string of the molecule is C[C@H]1[C@H]2N(C(=O)CN(C)N2C(=O)NCc2ccc(Cl)cc2)[C@@H](C)C(=O)N1Cc1cccc2ccccc12. The van der Waals surface area contributed by atoms with Crippen LogP contribution in [0.4, 0.5) is 4.79 Å². The smallest absolute Gasteiger partial charge is 0.333 e. The average Bonchev–Trinajstić information content (AvgIpc) is 2.89. The van der Waals surface area contributed by atoms with E-state index in [1.165, 1.54) is 0 Å². The highest BCUT2D eigenvalue weighted by atomic mass is 35.5. The number of rotatable bonds is 4. The van der Waals surface area contributed by atoms with Crippen molar-refractivity contribution in [2.45, 2.75) is 45.2 Å². The van der Waals surface area contributed by atoms with Gasteiger partial charge in [0, 0.05) is 25.2 Å². The summed E-state index contributed by atoms with van der Waals surface area (Å²) in [6, 6.07) is 19.9. The summed E-state index contributed by atoms with van der Waals surface area (Å²) < 4.78 is 0. The lowest BCUT2D eigenvalue weighted by atomic mass is 9.99. The topological polar surface area (TPSA) is 76.2 Å². The molecule has 192 valence electrons. The van der Waals surface area contributed by atoms with Crippen LogP contribution in [0.2, 0.25) is 5.02 Å². The molecule has 2 saturated heterocycles. The number of carbonyl (C=O) groups is 3. The first-order valence-electron chi connectivity index (χ1n) is 12.4. The highest BCUT2D eigenvalue weighted by Gasteiger charge is 2.52. The van der Waals surface area contributed by atoms with E-state index < -0.39 is 18.2 Å². The number of benzene rings is 3. The van der Waals surface area contributed by atoms with Gasteiger partial charge < -0.3 is 15.1 Å². The second-order valence-corrected chi connectivity index (χ2v) is 10.1. The molecule has 0 aromatic heterocycles. The summed E-state index contributed by atoms with van der Waals surface area (Å²) in [5.41, 5.74) is 1.93. The lowest BCUT2D eigenvalue weighted by Crippen LogP contribution is -2.77. The molecule has 3 aromatic carbocycles. The number of likely N-dealkylation sites (N-methyl/N-ethyl adjacent to an activating group) is 1. The summed E-state index contributed by atoms with van der Waals surface area (Å²) in [7, 11) is 1.72. The molecule has 3 aromatic rings. The highest BCUT2D eigenvalue weighted by molar-refractivity contribution is 6.30. The Labute approximate surface area is 221 Å². The van der Waals surface area contributed by atoms with E-state index in [0.29, 0.717) is 18.1 Å². The summed E-state index contributed by atoms with van der Waals surface area (Å²) in [6.07, 6.45) is -0.640. The fraction of sp³-hybridized carbons (Fsp3) is 0.321. The molecule has 8 nitrogen and oxygen atoms in total. The summed E-state index contributed by atoms with van der Waals surface area (Å²) in [5.74, 6) is -0.303. The summed E-state index contributed by atoms with van der Waals surface area (Å²) in [5, 5.41) is 8.97. The average molecular weight is 520 g/mol. The maximum atomic E-state index is 13.6. The van der Waals surface area contributed by atoms with Crippen molar-refractivity contribution in [2.24, 2.45) is 0 Å². The normalized spacial score (nSPS) is 22.4. The first kappa shape index (κ1) is 25.0. The Morgan fingerprint density at radius 1 is 1.00 bits per heavy atom. The molecule has 1 N–H and O–H groups in total. The number of carbonyl (C=O) groups excluding carboxylic acids is 3. The van der Waals surface area contributed by atoms with Crippen molar-refractivity contribution in [1.29, 1.82) is 0 Å². The highest BCUT2D eigenvalue weighted by Crippen LogP contribution is 2.32. The van der Waals surface area contributed by atoms with Crippen molar-refractivity contribution >= 4 is 40.2 Å². The zero-order valence-corrected chi connectivity index (χ0v) is 21.9. The van der Waals surface area contributed by atoms with E-state index in [0.717, 1.165) is 21.9 Å². The van der Waals surface area contributed by atoms with Gasteiger partial charge in [0.2, 0.25) is 11.8 Å². The number of amides is 4. The number of nitrogens with zero attached hydrogens (tertiary/aromatic N) is 4. The minimum atomic E-state index is -0.691. The van der Waals surface area contributed by atoms with Crippen molar-refractivity contribution in [3.63, 3.8) is 0 Å². The fourth-order valence-corrected chi connectivity index (χ4v) is 5.52. The summed E-state index contributed by atoms with van der Waals surface area (Å²) >= 11 is 5.98. The van der Waals surface area contributed by atoms with Gasteiger partial charge in [-0.25, -0.2) is 14.8 Å². The van der Waals surface area contributed by atoms with Crippen molar-refractivity contribution in [1.82, 2.24) is 25.1 Å². The molecule has 0 aliphatic carbocycles. The Morgan fingerprint density at radius 2 is 1.70 bits per heavy atom. The Bertz CT molecular complexity index is 1340. The minimum absolute atomic E-state index is 0.0124. The van der Waals surface area contributed by atoms with Crippen LogP contribution in [0.1, 0.15) is 25.0 Å². The van der Waals surface area contributed by atoms with Gasteiger partial charge in [-0.1, -0.05) is 66.2 Å². The monoisotopic (exact) mass is 519 g/mol. The Balaban J connectivity index is 1.43. The molecule has 9 heteroatoms. The van der Waals surface area contributed by atoms with Crippen LogP contribution in [0.25, 0.3) is 10.8 Å². The molecule has 0 saturated carbocycles. The number of hydrogen-bond acceptors (Lipinski definition) is 4. The van der Waals surface area contributed by atoms with Crippen molar-refractivity contribution in [3.05, 3.63) is 82.9 Å². The lowest BCUT2D eigenvalue weighted by molar-refractivity contribution is -0.194. The molecular weight excluding hydrogens is 490 g/mol. The Kier molecular flexibility index (Phi) is 6.79. The molecule has 0 bridgehead atoms. The largest absolute Gasteiger partial charge is 0.334 e. The molecule has 37 heavy (non-hydrogen) atoms. The van der Waals surface area contributed by atoms with E-state index in [1.807, 2.05) is 61.5 Å². The van der Waals surface area contributed by atoms with Gasteiger partial charge in [0.15, 0.2) is 0 Å². The van der Waals surface area contributed by atoms with Crippen LogP contribution in [-0.4, -0.2) is 69.5 Å². The Morgan fingerprint density at radius 3 is 2.46 bits per heavy atom. The molecule has 5 rings (SSSR count). The molecule has 2 aliphatic heterocycles. The van der Waals surface area contributed by atoms with Gasteiger partial charge in [-0.2, -0.15) is 0 Å². The minimum Gasteiger partial charge on any atom is -0.333 e. The molecule has 4 amide bonds. The third-order valence-electron chi connectivity index (χ3n) is 7.32. The van der Waals surface area contributed by atoms with Crippen LogP contribution in [0, 0.1) is 0 Å². The van der Waals surface area contributed by atoms with E-state index in [2.05, 4.69) is 5.32 Å². The van der Waals surface area contributed by atoms with Gasteiger partial charge in [0.1, 0.15) is 12.2 Å². The van der Waals surface area contributed by atoms with E-state index in [-0.39, 0.29) is 24.4 Å². The zero-order chi connectivity index (χ0) is 26.3. The predicted molar refractivity (Wildman–Crippen MR) is 142 cm³/mol. The second-order valence-electron chi connectivity index (χ2n) is 9.68. The Hall–Kier alpha value is -3.62. The van der Waals surface area contributed by atoms with Gasteiger partial charge in [-0.05, 0) is 47.9 Å². The first-order valence-corrected chi connectivity index (χ1v) is 12.7. The molecule has 2 heterocycles. The van der Waals surface area contributed by atoms with E-state index in [1.54, 1.807) is 45.9 Å². The van der Waals surface area contributed by atoms with Gasteiger partial charge in [-0.3, -0.25) is 9.59 Å². The number of hydrazine groups is 1. The number of fused-ring (bicyclic) bond motifs is 2. The third-order valence-corrected chi connectivity index (χ3v) is 7.57. The van der Waals surface area contributed by atoms with Gasteiger partial charge in [-0.15, -0.1) is 0 Å². The molecule has 2 aliphatic rings. The van der Waals surface area contributed by atoms with Crippen molar-refractivity contribution in [3.8, 4) is 0 Å². The molecular formula is C28H30ClN5O3.